The van der Waals surface area contributed by atoms with Gasteiger partial charge in [-0.25, -0.2) is 0 Å². The second-order valence-electron chi connectivity index (χ2n) is 13.1. The van der Waals surface area contributed by atoms with E-state index in [0.29, 0.717) is 21.5 Å². The van der Waals surface area contributed by atoms with Crippen molar-refractivity contribution in [1.82, 2.24) is 13.4 Å². The summed E-state index contributed by atoms with van der Waals surface area (Å²) < 4.78 is 7.00. The molecule has 226 valence electrons. The van der Waals surface area contributed by atoms with Gasteiger partial charge in [-0.15, -0.1) is 0 Å². The van der Waals surface area contributed by atoms with Crippen LogP contribution >= 0.6 is 0 Å². The lowest BCUT2D eigenvalue weighted by Crippen LogP contribution is -2.07. The molecule has 0 unspecified atom stereocenters. The van der Waals surface area contributed by atoms with Gasteiger partial charge in [-0.1, -0.05) is 84.9 Å². The smallest absolute Gasteiger partial charge is 0.197 e. The molecule has 0 aliphatic heterocycles. The third-order valence-corrected chi connectivity index (χ3v) is 10.9. The van der Waals surface area contributed by atoms with Crippen molar-refractivity contribution < 1.29 is 0 Å². The Bertz CT molecular complexity index is 3500. The number of hydrogen-bond acceptors (Lipinski definition) is 2. The van der Waals surface area contributed by atoms with Crippen molar-refractivity contribution in [1.29, 1.82) is 0 Å². The maximum absolute atomic E-state index is 14.1. The van der Waals surface area contributed by atoms with Crippen LogP contribution in [0.3, 0.4) is 0 Å². The van der Waals surface area contributed by atoms with Crippen LogP contribution in [0.15, 0.2) is 149 Å². The summed E-state index contributed by atoms with van der Waals surface area (Å²) in [5.74, 6) is 0. The van der Waals surface area contributed by atoms with Crippen LogP contribution in [0.2, 0.25) is 0 Å². The van der Waals surface area contributed by atoms with E-state index in [-0.39, 0.29) is 10.9 Å². The zero-order chi connectivity index (χ0) is 32.1. The highest BCUT2D eigenvalue weighted by atomic mass is 16.1. The summed E-state index contributed by atoms with van der Waals surface area (Å²) in [5, 5.41) is 9.34. The molecule has 0 aliphatic rings. The van der Waals surface area contributed by atoms with Crippen LogP contribution in [0.1, 0.15) is 0 Å². The highest BCUT2D eigenvalue weighted by Crippen LogP contribution is 2.46. The number of para-hydroxylation sites is 6. The average molecular weight is 626 g/mol. The van der Waals surface area contributed by atoms with Gasteiger partial charge in [0, 0.05) is 53.9 Å². The standard InChI is InChI=1S/C44H23N3O2/c48-43-26-13-3-7-21-34(26)46-36-23-37(45-32-19-5-1-11-24(32)25-12-2-6-20-33(25)45)42-39(38(36)28-15-9-17-30(43)40(28)46)29-16-10-18-31-41(29)47(42)35-22-8-4-14-27(35)44(31)49/h1-23H. The van der Waals surface area contributed by atoms with E-state index < -0.39 is 0 Å². The Morgan fingerprint density at radius 1 is 0.327 bits per heavy atom. The molecule has 49 heavy (non-hydrogen) atoms. The van der Waals surface area contributed by atoms with Gasteiger partial charge in [0.15, 0.2) is 10.9 Å². The van der Waals surface area contributed by atoms with Gasteiger partial charge >= 0.3 is 0 Å². The molecule has 12 rings (SSSR count). The maximum Gasteiger partial charge on any atom is 0.197 e. The normalized spacial score (nSPS) is 12.7. The summed E-state index contributed by atoms with van der Waals surface area (Å²) in [7, 11) is 0. The molecule has 7 aromatic carbocycles. The third kappa shape index (κ3) is 2.86. The molecule has 5 heteroatoms. The summed E-state index contributed by atoms with van der Waals surface area (Å²) >= 11 is 0. The third-order valence-electron chi connectivity index (χ3n) is 10.9. The monoisotopic (exact) mass is 625 g/mol. The summed E-state index contributed by atoms with van der Waals surface area (Å²) in [5.41, 5.74) is 8.95. The maximum atomic E-state index is 14.1. The second kappa shape index (κ2) is 8.59. The summed E-state index contributed by atoms with van der Waals surface area (Å²) in [6.07, 6.45) is 0. The van der Waals surface area contributed by atoms with Crippen LogP contribution in [0, 0.1) is 0 Å². The van der Waals surface area contributed by atoms with Crippen LogP contribution in [-0.4, -0.2) is 13.4 Å². The topological polar surface area (TPSA) is 47.9 Å². The van der Waals surface area contributed by atoms with Gasteiger partial charge in [-0.2, -0.15) is 0 Å². The van der Waals surface area contributed by atoms with Crippen molar-refractivity contribution in [2.24, 2.45) is 0 Å². The van der Waals surface area contributed by atoms with E-state index >= 15 is 0 Å². The second-order valence-corrected chi connectivity index (χ2v) is 13.1. The Balaban J connectivity index is 1.50. The molecule has 0 N–H and O–H groups in total. The molecule has 12 aromatic rings. The van der Waals surface area contributed by atoms with Crippen LogP contribution in [0.25, 0.3) is 104 Å². The van der Waals surface area contributed by atoms with Crippen LogP contribution in [0.4, 0.5) is 0 Å². The Morgan fingerprint density at radius 3 is 1.35 bits per heavy atom. The summed E-state index contributed by atoms with van der Waals surface area (Å²) in [6, 6.07) is 47.6. The van der Waals surface area contributed by atoms with Gasteiger partial charge in [0.2, 0.25) is 0 Å². The molecule has 0 saturated carbocycles. The summed E-state index contributed by atoms with van der Waals surface area (Å²) in [4.78, 5) is 28.1. The fourth-order valence-electron chi connectivity index (χ4n) is 9.01. The molecule has 0 bridgehead atoms. The Hall–Kier alpha value is -6.72. The number of benzene rings is 7. The van der Waals surface area contributed by atoms with E-state index in [1.807, 2.05) is 60.7 Å². The first kappa shape index (κ1) is 25.4. The van der Waals surface area contributed by atoms with Crippen molar-refractivity contribution in [3.05, 3.63) is 160 Å². The molecule has 0 radical (unpaired) electrons. The Labute approximate surface area is 276 Å². The highest BCUT2D eigenvalue weighted by molar-refractivity contribution is 6.34. The van der Waals surface area contributed by atoms with Gasteiger partial charge < -0.3 is 13.4 Å². The van der Waals surface area contributed by atoms with Crippen molar-refractivity contribution in [3.8, 4) is 5.69 Å². The van der Waals surface area contributed by atoms with Crippen molar-refractivity contribution in [2.45, 2.75) is 0 Å². The first-order valence-corrected chi connectivity index (χ1v) is 16.5. The summed E-state index contributed by atoms with van der Waals surface area (Å²) in [6.45, 7) is 0. The molecule has 0 atom stereocenters. The highest BCUT2D eigenvalue weighted by Gasteiger charge is 2.27. The predicted octanol–water partition coefficient (Wildman–Crippen LogP) is 9.80. The Morgan fingerprint density at radius 2 is 0.755 bits per heavy atom. The lowest BCUT2D eigenvalue weighted by molar-refractivity contribution is 1.18. The number of nitrogens with zero attached hydrogens (tertiary/aromatic N) is 3. The molecule has 5 heterocycles. The number of fused-ring (bicyclic) bond motifs is 14. The SMILES string of the molecule is O=c1c2ccccc2n2c3cc(-n4c5ccccc5c5ccccc54)c4c(c5cccc6c(=O)c7ccccc7n4c65)c3c3cccc1c32. The molecular weight excluding hydrogens is 603 g/mol. The van der Waals surface area contributed by atoms with Gasteiger partial charge in [0.1, 0.15) is 0 Å². The number of pyridine rings is 2. The van der Waals surface area contributed by atoms with Gasteiger partial charge in [0.05, 0.1) is 49.8 Å². The van der Waals surface area contributed by atoms with E-state index in [4.69, 9.17) is 0 Å². The lowest BCUT2D eigenvalue weighted by Gasteiger charge is -2.14. The molecule has 0 saturated heterocycles. The predicted molar refractivity (Wildman–Crippen MR) is 203 cm³/mol. The van der Waals surface area contributed by atoms with E-state index in [1.165, 1.54) is 10.8 Å². The van der Waals surface area contributed by atoms with Crippen molar-refractivity contribution >= 4 is 98.0 Å². The van der Waals surface area contributed by atoms with Gasteiger partial charge in [-0.3, -0.25) is 9.59 Å². The molecule has 0 aliphatic carbocycles. The zero-order valence-corrected chi connectivity index (χ0v) is 25.9. The van der Waals surface area contributed by atoms with E-state index in [1.54, 1.807) is 0 Å². The van der Waals surface area contributed by atoms with E-state index in [9.17, 15) is 9.59 Å². The molecule has 5 aromatic heterocycles. The van der Waals surface area contributed by atoms with Gasteiger partial charge in [0.25, 0.3) is 0 Å². The molecular formula is C44H23N3O2. The van der Waals surface area contributed by atoms with Crippen LogP contribution in [0.5, 0.6) is 0 Å². The molecule has 0 spiro atoms. The lowest BCUT2D eigenvalue weighted by atomic mass is 10.0. The van der Waals surface area contributed by atoms with Crippen molar-refractivity contribution in [3.63, 3.8) is 0 Å². The minimum atomic E-state index is 0.0355. The van der Waals surface area contributed by atoms with E-state index in [0.717, 1.165) is 71.4 Å². The number of hydrogen-bond donors (Lipinski definition) is 0. The molecule has 0 amide bonds. The quantitative estimate of drug-likeness (QED) is 0.171. The fourth-order valence-corrected chi connectivity index (χ4v) is 9.01. The fraction of sp³-hybridized carbons (Fsp3) is 0. The zero-order valence-electron chi connectivity index (χ0n) is 25.9. The Kier molecular flexibility index (Phi) is 4.45. The molecule has 0 fully saturated rings. The van der Waals surface area contributed by atoms with Crippen LogP contribution < -0.4 is 10.9 Å². The molecule has 5 nitrogen and oxygen atoms in total. The minimum Gasteiger partial charge on any atom is -0.308 e. The first-order chi connectivity index (χ1) is 24.2. The van der Waals surface area contributed by atoms with E-state index in [2.05, 4.69) is 92.2 Å². The van der Waals surface area contributed by atoms with Crippen molar-refractivity contribution in [2.75, 3.05) is 0 Å². The van der Waals surface area contributed by atoms with Gasteiger partial charge in [-0.05, 0) is 54.6 Å². The number of aromatic nitrogens is 3. The average Bonchev–Trinajstić information content (AvgIpc) is 3.79. The minimum absolute atomic E-state index is 0.0355. The largest absolute Gasteiger partial charge is 0.308 e. The first-order valence-electron chi connectivity index (χ1n) is 16.5. The number of rotatable bonds is 1. The van der Waals surface area contributed by atoms with Crippen LogP contribution in [-0.2, 0) is 0 Å².